The zero-order chi connectivity index (χ0) is 17.0. The number of nitrogens with zero attached hydrogens (tertiary/aromatic N) is 3. The summed E-state index contributed by atoms with van der Waals surface area (Å²) in [5, 5.41) is 2.91. The van der Waals surface area contributed by atoms with Gasteiger partial charge in [-0.2, -0.15) is 0 Å². The fourth-order valence-corrected chi connectivity index (χ4v) is 2.92. The molecule has 2 rings (SSSR count). The van der Waals surface area contributed by atoms with E-state index in [1.807, 2.05) is 18.4 Å². The maximum absolute atomic E-state index is 12.7. The van der Waals surface area contributed by atoms with Crippen LogP contribution in [0.3, 0.4) is 0 Å². The number of amides is 2. The Morgan fingerprint density at radius 3 is 2.57 bits per heavy atom. The maximum atomic E-state index is 12.7. The predicted octanol–water partition coefficient (Wildman–Crippen LogP) is 2.09. The van der Waals surface area contributed by atoms with E-state index in [0.29, 0.717) is 37.1 Å². The molecular formula is C17H28N4O2. The standard InChI is InChI=1S/C17H28N4O2/c1-5-20(6-2)17(23)14-13-9-7-8-10-21(13)15(19-14)16(22)18-11-12(3)4/h12H,5-11H2,1-4H3,(H,18,22). The van der Waals surface area contributed by atoms with Gasteiger partial charge in [0.2, 0.25) is 0 Å². The summed E-state index contributed by atoms with van der Waals surface area (Å²) in [6.45, 7) is 10.7. The number of fused-ring (bicyclic) bond motifs is 1. The Bertz CT molecular complexity index is 573. The van der Waals surface area contributed by atoms with Crippen LogP contribution in [0.25, 0.3) is 0 Å². The summed E-state index contributed by atoms with van der Waals surface area (Å²) >= 11 is 0. The third kappa shape index (κ3) is 3.74. The topological polar surface area (TPSA) is 67.2 Å². The van der Waals surface area contributed by atoms with E-state index in [1.165, 1.54) is 0 Å². The second-order valence-corrected chi connectivity index (χ2v) is 6.42. The van der Waals surface area contributed by atoms with Crippen molar-refractivity contribution in [1.82, 2.24) is 19.8 Å². The third-order valence-electron chi connectivity index (χ3n) is 4.25. The van der Waals surface area contributed by atoms with Crippen LogP contribution in [-0.2, 0) is 13.0 Å². The summed E-state index contributed by atoms with van der Waals surface area (Å²) in [7, 11) is 0. The van der Waals surface area contributed by atoms with E-state index in [4.69, 9.17) is 0 Å². The lowest BCUT2D eigenvalue weighted by Crippen LogP contribution is -2.31. The molecular weight excluding hydrogens is 292 g/mol. The van der Waals surface area contributed by atoms with Crippen molar-refractivity contribution < 1.29 is 9.59 Å². The Kier molecular flexibility index (Phi) is 5.80. The Morgan fingerprint density at radius 1 is 1.26 bits per heavy atom. The fourth-order valence-electron chi connectivity index (χ4n) is 2.92. The predicted molar refractivity (Wildman–Crippen MR) is 89.6 cm³/mol. The molecule has 2 heterocycles. The van der Waals surface area contributed by atoms with Gasteiger partial charge < -0.3 is 14.8 Å². The fraction of sp³-hybridized carbons (Fsp3) is 0.706. The SMILES string of the molecule is CCN(CC)C(=O)c1nc(C(=O)NCC(C)C)n2c1CCCC2. The van der Waals surface area contributed by atoms with Crippen molar-refractivity contribution >= 4 is 11.8 Å². The summed E-state index contributed by atoms with van der Waals surface area (Å²) in [4.78, 5) is 31.3. The lowest BCUT2D eigenvalue weighted by atomic mass is 10.1. The van der Waals surface area contributed by atoms with Crippen LogP contribution in [0.2, 0.25) is 0 Å². The highest BCUT2D eigenvalue weighted by molar-refractivity contribution is 5.97. The normalized spacial score (nSPS) is 13.8. The third-order valence-corrected chi connectivity index (χ3v) is 4.25. The molecule has 0 fully saturated rings. The molecule has 0 spiro atoms. The summed E-state index contributed by atoms with van der Waals surface area (Å²) in [6.07, 6.45) is 2.87. The molecule has 0 bridgehead atoms. The van der Waals surface area contributed by atoms with Crippen LogP contribution >= 0.6 is 0 Å². The first-order chi connectivity index (χ1) is 11.0. The van der Waals surface area contributed by atoms with E-state index in [9.17, 15) is 9.59 Å². The van der Waals surface area contributed by atoms with Gasteiger partial charge in [-0.05, 0) is 39.0 Å². The number of nitrogens with one attached hydrogen (secondary N) is 1. The van der Waals surface area contributed by atoms with Crippen molar-refractivity contribution in [3.8, 4) is 0 Å². The van der Waals surface area contributed by atoms with E-state index in [-0.39, 0.29) is 11.8 Å². The van der Waals surface area contributed by atoms with Crippen LogP contribution in [0.1, 0.15) is 67.3 Å². The van der Waals surface area contributed by atoms with Crippen LogP contribution in [0.15, 0.2) is 0 Å². The van der Waals surface area contributed by atoms with Gasteiger partial charge in [-0.15, -0.1) is 0 Å². The number of imidazole rings is 1. The van der Waals surface area contributed by atoms with E-state index in [2.05, 4.69) is 24.1 Å². The Hall–Kier alpha value is -1.85. The first-order valence-electron chi connectivity index (χ1n) is 8.66. The first kappa shape index (κ1) is 17.5. The number of carbonyl (C=O) groups excluding carboxylic acids is 2. The molecule has 2 amide bonds. The van der Waals surface area contributed by atoms with E-state index >= 15 is 0 Å². The number of carbonyl (C=O) groups is 2. The molecule has 0 aliphatic carbocycles. The van der Waals surface area contributed by atoms with Crippen molar-refractivity contribution in [3.63, 3.8) is 0 Å². The lowest BCUT2D eigenvalue weighted by molar-refractivity contribution is 0.0766. The minimum Gasteiger partial charge on any atom is -0.349 e. The van der Waals surface area contributed by atoms with Crippen molar-refractivity contribution in [2.45, 2.75) is 53.5 Å². The van der Waals surface area contributed by atoms with Crippen LogP contribution in [0.5, 0.6) is 0 Å². The van der Waals surface area contributed by atoms with Gasteiger partial charge >= 0.3 is 0 Å². The minimum absolute atomic E-state index is 0.0661. The van der Waals surface area contributed by atoms with Gasteiger partial charge in [-0.25, -0.2) is 4.98 Å². The van der Waals surface area contributed by atoms with Crippen LogP contribution in [0.4, 0.5) is 0 Å². The van der Waals surface area contributed by atoms with Gasteiger partial charge in [0.25, 0.3) is 11.8 Å². The first-order valence-corrected chi connectivity index (χ1v) is 8.66. The summed E-state index contributed by atoms with van der Waals surface area (Å²) < 4.78 is 1.94. The lowest BCUT2D eigenvalue weighted by Gasteiger charge is -2.20. The zero-order valence-electron chi connectivity index (χ0n) is 14.7. The maximum Gasteiger partial charge on any atom is 0.287 e. The Labute approximate surface area is 138 Å². The highest BCUT2D eigenvalue weighted by Gasteiger charge is 2.29. The Morgan fingerprint density at radius 2 is 1.96 bits per heavy atom. The molecule has 1 N–H and O–H groups in total. The van der Waals surface area contributed by atoms with Crippen molar-refractivity contribution in [3.05, 3.63) is 17.2 Å². The van der Waals surface area contributed by atoms with Crippen LogP contribution in [-0.4, -0.2) is 45.9 Å². The molecule has 0 saturated carbocycles. The van der Waals surface area contributed by atoms with E-state index < -0.39 is 0 Å². The Balaban J connectivity index is 2.34. The van der Waals surface area contributed by atoms with Gasteiger partial charge in [-0.3, -0.25) is 9.59 Å². The van der Waals surface area contributed by atoms with Crippen LogP contribution in [0, 0.1) is 5.92 Å². The minimum atomic E-state index is -0.180. The summed E-state index contributed by atoms with van der Waals surface area (Å²) in [6, 6.07) is 0. The van der Waals surface area contributed by atoms with E-state index in [1.54, 1.807) is 4.90 Å². The average Bonchev–Trinajstić information content (AvgIpc) is 2.93. The van der Waals surface area contributed by atoms with Crippen molar-refractivity contribution in [2.75, 3.05) is 19.6 Å². The van der Waals surface area contributed by atoms with Gasteiger partial charge in [-0.1, -0.05) is 13.8 Å². The molecule has 0 aromatic carbocycles. The van der Waals surface area contributed by atoms with Gasteiger partial charge in [0.1, 0.15) is 5.69 Å². The number of rotatable bonds is 6. The summed E-state index contributed by atoms with van der Waals surface area (Å²) in [5.41, 5.74) is 1.38. The van der Waals surface area contributed by atoms with Gasteiger partial charge in [0.05, 0.1) is 5.69 Å². The van der Waals surface area contributed by atoms with Gasteiger partial charge in [0, 0.05) is 26.2 Å². The number of hydrogen-bond donors (Lipinski definition) is 1. The molecule has 0 atom stereocenters. The highest BCUT2D eigenvalue weighted by Crippen LogP contribution is 2.22. The zero-order valence-corrected chi connectivity index (χ0v) is 14.7. The molecule has 6 nitrogen and oxygen atoms in total. The monoisotopic (exact) mass is 320 g/mol. The molecule has 0 saturated heterocycles. The van der Waals surface area contributed by atoms with Crippen LogP contribution < -0.4 is 5.32 Å². The molecule has 1 aromatic heterocycles. The second kappa shape index (κ2) is 7.62. The molecule has 1 aliphatic rings. The molecule has 1 aromatic rings. The van der Waals surface area contributed by atoms with E-state index in [0.717, 1.165) is 31.5 Å². The second-order valence-electron chi connectivity index (χ2n) is 6.42. The molecule has 23 heavy (non-hydrogen) atoms. The largest absolute Gasteiger partial charge is 0.349 e. The molecule has 0 radical (unpaired) electrons. The quantitative estimate of drug-likeness (QED) is 0.872. The molecule has 6 heteroatoms. The van der Waals surface area contributed by atoms with Crippen molar-refractivity contribution in [2.24, 2.45) is 5.92 Å². The van der Waals surface area contributed by atoms with Gasteiger partial charge in [0.15, 0.2) is 5.82 Å². The smallest absolute Gasteiger partial charge is 0.287 e. The molecule has 128 valence electrons. The average molecular weight is 320 g/mol. The summed E-state index contributed by atoms with van der Waals surface area (Å²) in [5.74, 6) is 0.520. The van der Waals surface area contributed by atoms with Crippen molar-refractivity contribution in [1.29, 1.82) is 0 Å². The highest BCUT2D eigenvalue weighted by atomic mass is 16.2. The number of aromatic nitrogens is 2. The molecule has 0 unspecified atom stereocenters. The molecule has 1 aliphatic heterocycles. The number of hydrogen-bond acceptors (Lipinski definition) is 3.